The molecule has 0 aliphatic carbocycles. The van der Waals surface area contributed by atoms with E-state index in [9.17, 15) is 0 Å². The van der Waals surface area contributed by atoms with Crippen molar-refractivity contribution in [2.75, 3.05) is 12.8 Å². The summed E-state index contributed by atoms with van der Waals surface area (Å²) in [6.07, 6.45) is 0. The van der Waals surface area contributed by atoms with Gasteiger partial charge in [-0.15, -0.1) is 0 Å². The van der Waals surface area contributed by atoms with Gasteiger partial charge in [0.1, 0.15) is 17.4 Å². The summed E-state index contributed by atoms with van der Waals surface area (Å²) in [5.74, 6) is 0.823. The maximum absolute atomic E-state index is 8.69. The quantitative estimate of drug-likeness (QED) is 0.741. The molecule has 14 heavy (non-hydrogen) atoms. The van der Waals surface area contributed by atoms with Crippen LogP contribution in [0, 0.1) is 11.3 Å². The van der Waals surface area contributed by atoms with E-state index in [1.54, 1.807) is 25.3 Å². The van der Waals surface area contributed by atoms with E-state index in [0.717, 1.165) is 5.39 Å². The fourth-order valence-electron chi connectivity index (χ4n) is 1.31. The summed E-state index contributed by atoms with van der Waals surface area (Å²) in [6, 6.07) is 7.14. The van der Waals surface area contributed by atoms with Gasteiger partial charge in [-0.1, -0.05) is 0 Å². The first-order valence-corrected chi connectivity index (χ1v) is 4.02. The molecule has 0 radical (unpaired) electrons. The molecule has 0 bridgehead atoms. The van der Waals surface area contributed by atoms with Crippen molar-refractivity contribution in [1.82, 2.24) is 0 Å². The van der Waals surface area contributed by atoms with Crippen molar-refractivity contribution in [3.05, 3.63) is 24.0 Å². The lowest BCUT2D eigenvalue weighted by molar-refractivity contribution is 0.414. The van der Waals surface area contributed by atoms with Gasteiger partial charge in [0.15, 0.2) is 0 Å². The zero-order valence-corrected chi connectivity index (χ0v) is 7.57. The number of methoxy groups -OCH3 is 1. The Morgan fingerprint density at radius 1 is 1.50 bits per heavy atom. The molecule has 2 rings (SSSR count). The van der Waals surface area contributed by atoms with Gasteiger partial charge in [-0.3, -0.25) is 0 Å². The van der Waals surface area contributed by atoms with Gasteiger partial charge in [0.25, 0.3) is 0 Å². The summed E-state index contributed by atoms with van der Waals surface area (Å²) in [6.45, 7) is 0. The third-order valence-corrected chi connectivity index (χ3v) is 2.04. The number of rotatable bonds is 1. The van der Waals surface area contributed by atoms with Gasteiger partial charge in [-0.2, -0.15) is 5.26 Å². The predicted molar refractivity (Wildman–Crippen MR) is 51.9 cm³/mol. The number of nitrogens with two attached hydrogens (primary N) is 1. The van der Waals surface area contributed by atoms with E-state index in [-0.39, 0.29) is 5.76 Å². The third kappa shape index (κ3) is 1.07. The number of anilines is 1. The van der Waals surface area contributed by atoms with Crippen LogP contribution in [0.2, 0.25) is 0 Å². The van der Waals surface area contributed by atoms with Crippen LogP contribution < -0.4 is 10.5 Å². The molecule has 0 saturated heterocycles. The van der Waals surface area contributed by atoms with E-state index in [4.69, 9.17) is 20.1 Å². The number of ether oxygens (including phenoxy) is 1. The topological polar surface area (TPSA) is 72.2 Å². The highest BCUT2D eigenvalue weighted by Crippen LogP contribution is 2.30. The van der Waals surface area contributed by atoms with Crippen LogP contribution in [0.1, 0.15) is 5.76 Å². The Bertz CT molecular complexity index is 523. The Morgan fingerprint density at radius 3 is 2.93 bits per heavy atom. The number of hydrogen-bond donors (Lipinski definition) is 1. The molecule has 0 fully saturated rings. The number of nitrogen functional groups attached to an aromatic ring is 1. The molecule has 70 valence electrons. The SMILES string of the molecule is COc1ccc2c(N)c(C#N)oc2c1. The van der Waals surface area contributed by atoms with Crippen molar-refractivity contribution in [1.29, 1.82) is 5.26 Å². The Labute approximate surface area is 80.5 Å². The molecule has 0 atom stereocenters. The molecule has 1 aromatic heterocycles. The molecular weight excluding hydrogens is 180 g/mol. The molecule has 0 aliphatic rings. The molecule has 0 saturated carbocycles. The van der Waals surface area contributed by atoms with Gasteiger partial charge in [-0.25, -0.2) is 0 Å². The summed E-state index contributed by atoms with van der Waals surface area (Å²) in [5, 5.41) is 9.43. The molecule has 1 heterocycles. The van der Waals surface area contributed by atoms with Crippen molar-refractivity contribution in [2.24, 2.45) is 0 Å². The fraction of sp³-hybridized carbons (Fsp3) is 0.100. The number of hydrogen-bond acceptors (Lipinski definition) is 4. The Balaban J connectivity index is 2.74. The zero-order chi connectivity index (χ0) is 10.1. The summed E-state index contributed by atoms with van der Waals surface area (Å²) >= 11 is 0. The number of fused-ring (bicyclic) bond motifs is 1. The minimum atomic E-state index is 0.147. The van der Waals surface area contributed by atoms with E-state index in [0.29, 0.717) is 17.0 Å². The first-order chi connectivity index (χ1) is 6.76. The normalized spacial score (nSPS) is 10.0. The fourth-order valence-corrected chi connectivity index (χ4v) is 1.31. The third-order valence-electron chi connectivity index (χ3n) is 2.04. The Hall–Kier alpha value is -2.15. The van der Waals surface area contributed by atoms with E-state index >= 15 is 0 Å². The summed E-state index contributed by atoms with van der Waals surface area (Å²) < 4.78 is 10.2. The van der Waals surface area contributed by atoms with Crippen molar-refractivity contribution in [2.45, 2.75) is 0 Å². The number of benzene rings is 1. The highest BCUT2D eigenvalue weighted by Gasteiger charge is 2.10. The van der Waals surface area contributed by atoms with Crippen LogP contribution >= 0.6 is 0 Å². The Morgan fingerprint density at radius 2 is 2.29 bits per heavy atom. The number of furan rings is 1. The van der Waals surface area contributed by atoms with Gasteiger partial charge >= 0.3 is 0 Å². The number of nitriles is 1. The maximum Gasteiger partial charge on any atom is 0.227 e. The van der Waals surface area contributed by atoms with Gasteiger partial charge in [0.2, 0.25) is 5.76 Å². The summed E-state index contributed by atoms with van der Waals surface area (Å²) in [5.41, 5.74) is 6.63. The van der Waals surface area contributed by atoms with Crippen LogP contribution in [-0.2, 0) is 0 Å². The minimum Gasteiger partial charge on any atom is -0.497 e. The lowest BCUT2D eigenvalue weighted by Gasteiger charge is -1.97. The first kappa shape index (κ1) is 8.45. The second-order valence-electron chi connectivity index (χ2n) is 2.82. The van der Waals surface area contributed by atoms with E-state index in [1.165, 1.54) is 0 Å². The maximum atomic E-state index is 8.69. The summed E-state index contributed by atoms with van der Waals surface area (Å²) in [7, 11) is 1.57. The number of nitrogens with zero attached hydrogens (tertiary/aromatic N) is 1. The minimum absolute atomic E-state index is 0.147. The Kier molecular flexibility index (Phi) is 1.79. The van der Waals surface area contributed by atoms with Gasteiger partial charge in [-0.05, 0) is 12.1 Å². The predicted octanol–water partition coefficient (Wildman–Crippen LogP) is 1.90. The lowest BCUT2D eigenvalue weighted by Crippen LogP contribution is -1.85. The average Bonchev–Trinajstić information content (AvgIpc) is 2.55. The molecule has 2 N–H and O–H groups in total. The monoisotopic (exact) mass is 188 g/mol. The van der Waals surface area contributed by atoms with Crippen LogP contribution in [0.3, 0.4) is 0 Å². The molecule has 0 aliphatic heterocycles. The smallest absolute Gasteiger partial charge is 0.227 e. The molecule has 0 amide bonds. The van der Waals surface area contributed by atoms with Crippen molar-refractivity contribution >= 4 is 16.7 Å². The van der Waals surface area contributed by atoms with Gasteiger partial charge < -0.3 is 14.9 Å². The molecule has 0 spiro atoms. The first-order valence-electron chi connectivity index (χ1n) is 4.02. The van der Waals surface area contributed by atoms with Crippen LogP contribution in [0.15, 0.2) is 22.6 Å². The second-order valence-corrected chi connectivity index (χ2v) is 2.82. The van der Waals surface area contributed by atoms with Crippen molar-refractivity contribution in [3.63, 3.8) is 0 Å². The average molecular weight is 188 g/mol. The van der Waals surface area contributed by atoms with Crippen LogP contribution in [-0.4, -0.2) is 7.11 Å². The van der Waals surface area contributed by atoms with Crippen molar-refractivity contribution in [3.8, 4) is 11.8 Å². The highest BCUT2D eigenvalue weighted by atomic mass is 16.5. The molecular formula is C10H8N2O2. The van der Waals surface area contributed by atoms with E-state index in [1.807, 2.05) is 6.07 Å². The zero-order valence-electron chi connectivity index (χ0n) is 7.57. The summed E-state index contributed by atoms with van der Waals surface area (Å²) in [4.78, 5) is 0. The van der Waals surface area contributed by atoms with Crippen molar-refractivity contribution < 1.29 is 9.15 Å². The van der Waals surface area contributed by atoms with Crippen LogP contribution in [0.4, 0.5) is 5.69 Å². The molecule has 1 aromatic carbocycles. The van der Waals surface area contributed by atoms with Gasteiger partial charge in [0, 0.05) is 11.5 Å². The molecule has 0 unspecified atom stereocenters. The largest absolute Gasteiger partial charge is 0.497 e. The second kappa shape index (κ2) is 2.96. The standard InChI is InChI=1S/C10H8N2O2/c1-13-6-2-3-7-8(4-6)14-9(5-11)10(7)12/h2-4H,12H2,1H3. The highest BCUT2D eigenvalue weighted by molar-refractivity contribution is 5.92. The van der Waals surface area contributed by atoms with E-state index < -0.39 is 0 Å². The van der Waals surface area contributed by atoms with Crippen LogP contribution in [0.5, 0.6) is 5.75 Å². The van der Waals surface area contributed by atoms with E-state index in [2.05, 4.69) is 0 Å². The molecule has 2 aromatic rings. The lowest BCUT2D eigenvalue weighted by atomic mass is 10.2. The van der Waals surface area contributed by atoms with Crippen LogP contribution in [0.25, 0.3) is 11.0 Å². The van der Waals surface area contributed by atoms with Gasteiger partial charge in [0.05, 0.1) is 12.8 Å². The molecule has 4 heteroatoms. The molecule has 4 nitrogen and oxygen atoms in total.